The second-order valence-corrected chi connectivity index (χ2v) is 8.56. The first-order valence-electron chi connectivity index (χ1n) is 9.81. The van der Waals surface area contributed by atoms with Gasteiger partial charge in [-0.1, -0.05) is 0 Å². The minimum Gasteiger partial charge on any atom is -0.390 e. The van der Waals surface area contributed by atoms with Gasteiger partial charge in [-0.15, -0.1) is 0 Å². The van der Waals surface area contributed by atoms with E-state index in [-0.39, 0.29) is 6.04 Å². The van der Waals surface area contributed by atoms with Gasteiger partial charge in [0.15, 0.2) is 0 Å². The van der Waals surface area contributed by atoms with Crippen molar-refractivity contribution in [3.63, 3.8) is 0 Å². The topological polar surface area (TPSA) is 126 Å². The van der Waals surface area contributed by atoms with Crippen molar-refractivity contribution < 1.29 is 9.90 Å². The lowest BCUT2D eigenvalue weighted by molar-refractivity contribution is -0.129. The fourth-order valence-corrected chi connectivity index (χ4v) is 5.73. The van der Waals surface area contributed by atoms with Crippen LogP contribution in [0.3, 0.4) is 0 Å². The molecule has 4 aliphatic rings. The van der Waals surface area contributed by atoms with Crippen molar-refractivity contribution >= 4 is 23.2 Å². The van der Waals surface area contributed by atoms with E-state index in [1.807, 2.05) is 0 Å². The summed E-state index contributed by atoms with van der Waals surface area (Å²) in [7, 11) is 0. The molecule has 0 radical (unpaired) electrons. The Morgan fingerprint density at radius 3 is 2.54 bits per heavy atom. The molecule has 2 aromatic heterocycles. The van der Waals surface area contributed by atoms with Crippen molar-refractivity contribution in [1.82, 2.24) is 15.0 Å². The van der Waals surface area contributed by atoms with Crippen LogP contribution >= 0.6 is 0 Å². The predicted molar refractivity (Wildman–Crippen MR) is 104 cm³/mol. The van der Waals surface area contributed by atoms with E-state index < -0.39 is 11.5 Å². The molecule has 8 nitrogen and oxygen atoms in total. The lowest BCUT2D eigenvalue weighted by atomic mass is 9.52. The lowest BCUT2D eigenvalue weighted by Gasteiger charge is -2.58. The zero-order chi connectivity index (χ0) is 19.3. The maximum atomic E-state index is 11.9. The molecule has 28 heavy (non-hydrogen) atoms. The Balaban J connectivity index is 1.42. The molecule has 0 spiro atoms. The summed E-state index contributed by atoms with van der Waals surface area (Å²) in [6.07, 6.45) is 11.2. The molecule has 4 fully saturated rings. The molecule has 8 heteroatoms. The highest BCUT2D eigenvalue weighted by molar-refractivity contribution is 5.98. The summed E-state index contributed by atoms with van der Waals surface area (Å²) >= 11 is 0. The van der Waals surface area contributed by atoms with Crippen molar-refractivity contribution in [3.05, 3.63) is 36.4 Å². The molecular formula is C20H24N6O2. The molecule has 0 aliphatic heterocycles. The van der Waals surface area contributed by atoms with Gasteiger partial charge >= 0.3 is 0 Å². The molecule has 4 bridgehead atoms. The average molecular weight is 380 g/mol. The third kappa shape index (κ3) is 3.07. The van der Waals surface area contributed by atoms with E-state index in [1.165, 1.54) is 6.20 Å². The van der Waals surface area contributed by atoms with Crippen LogP contribution in [0, 0.1) is 17.8 Å². The molecule has 5 N–H and O–H groups in total. The summed E-state index contributed by atoms with van der Waals surface area (Å²) in [5.74, 6) is 2.09. The van der Waals surface area contributed by atoms with E-state index in [4.69, 9.17) is 5.73 Å². The molecule has 4 saturated carbocycles. The van der Waals surface area contributed by atoms with E-state index >= 15 is 0 Å². The summed E-state index contributed by atoms with van der Waals surface area (Å²) < 4.78 is 0. The average Bonchev–Trinajstić information content (AvgIpc) is 2.64. The van der Waals surface area contributed by atoms with Gasteiger partial charge in [-0.25, -0.2) is 9.97 Å². The van der Waals surface area contributed by atoms with Crippen LogP contribution in [0.25, 0.3) is 0 Å². The Labute approximate surface area is 163 Å². The highest BCUT2D eigenvalue weighted by Gasteiger charge is 2.54. The molecule has 2 aromatic rings. The fraction of sp³-hybridized carbons (Fsp3) is 0.500. The third-order valence-corrected chi connectivity index (χ3v) is 6.55. The quantitative estimate of drug-likeness (QED) is 0.625. The highest BCUT2D eigenvalue weighted by Crippen LogP contribution is 2.56. The first kappa shape index (κ1) is 17.4. The van der Waals surface area contributed by atoms with Crippen LogP contribution in [0.2, 0.25) is 0 Å². The molecule has 146 valence electrons. The molecule has 0 unspecified atom stereocenters. The van der Waals surface area contributed by atoms with Gasteiger partial charge in [0, 0.05) is 30.7 Å². The van der Waals surface area contributed by atoms with Gasteiger partial charge in [0.1, 0.15) is 11.6 Å². The standard InChI is InChI=1S/C20H24N6O2/c21-19(27)14-9-24-16(26-17-10-22-1-2-23-17)5-15(14)25-18-12-3-11-4-13(18)8-20(28,6-11)7-12/h1-2,5,9-13,18,28H,3-4,6-8H2,(H2,21,27)(H2,23,24,25,26)/t11-,12-,13+,18-,20-. The van der Waals surface area contributed by atoms with Crippen molar-refractivity contribution in [2.24, 2.45) is 23.5 Å². The number of pyridine rings is 1. The normalized spacial score (nSPS) is 32.9. The van der Waals surface area contributed by atoms with Crippen LogP contribution in [-0.2, 0) is 0 Å². The molecule has 6 rings (SSSR count). The van der Waals surface area contributed by atoms with Gasteiger partial charge in [-0.05, 0) is 49.9 Å². The predicted octanol–water partition coefficient (Wildman–Crippen LogP) is 2.07. The number of anilines is 3. The Kier molecular flexibility index (Phi) is 3.97. The molecule has 5 atom stereocenters. The molecule has 4 aliphatic carbocycles. The van der Waals surface area contributed by atoms with Crippen LogP contribution in [0.1, 0.15) is 42.5 Å². The maximum absolute atomic E-state index is 11.9. The molecule has 0 aromatic carbocycles. The number of amides is 1. The van der Waals surface area contributed by atoms with Gasteiger partial charge < -0.3 is 21.5 Å². The maximum Gasteiger partial charge on any atom is 0.252 e. The number of aliphatic hydroxyl groups is 1. The number of hydrogen-bond acceptors (Lipinski definition) is 7. The molecule has 0 saturated heterocycles. The van der Waals surface area contributed by atoms with Gasteiger partial charge in [0.25, 0.3) is 5.91 Å². The largest absolute Gasteiger partial charge is 0.390 e. The SMILES string of the molecule is NC(=O)c1cnc(Nc2cnccn2)cc1N[C@@H]1[C@@H]2C[C@@H]3C[C@H]1C[C@@](O)(C3)C2. The second kappa shape index (κ2) is 6.41. The molecule has 1 amide bonds. The van der Waals surface area contributed by atoms with Crippen LogP contribution in [-0.4, -0.2) is 37.6 Å². The first-order chi connectivity index (χ1) is 13.5. The third-order valence-electron chi connectivity index (χ3n) is 6.55. The van der Waals surface area contributed by atoms with Crippen LogP contribution in [0.5, 0.6) is 0 Å². The Bertz CT molecular complexity index is 889. The van der Waals surface area contributed by atoms with E-state index in [0.717, 1.165) is 32.1 Å². The number of rotatable bonds is 5. The van der Waals surface area contributed by atoms with Gasteiger partial charge in [0.2, 0.25) is 0 Å². The number of nitrogens with one attached hydrogen (secondary N) is 2. The number of primary amides is 1. The first-order valence-corrected chi connectivity index (χ1v) is 9.81. The summed E-state index contributed by atoms with van der Waals surface area (Å²) in [6, 6.07) is 2.04. The number of carbonyl (C=O) groups is 1. The Morgan fingerprint density at radius 1 is 1.11 bits per heavy atom. The summed E-state index contributed by atoms with van der Waals surface area (Å²) in [6.45, 7) is 0. The van der Waals surface area contributed by atoms with Gasteiger partial charge in [-0.2, -0.15) is 0 Å². The monoisotopic (exact) mass is 380 g/mol. The Morgan fingerprint density at radius 2 is 1.89 bits per heavy atom. The number of aromatic nitrogens is 3. The van der Waals surface area contributed by atoms with Crippen molar-refractivity contribution in [2.75, 3.05) is 10.6 Å². The molecular weight excluding hydrogens is 356 g/mol. The summed E-state index contributed by atoms with van der Waals surface area (Å²) in [4.78, 5) is 24.5. The van der Waals surface area contributed by atoms with Crippen molar-refractivity contribution in [1.29, 1.82) is 0 Å². The van der Waals surface area contributed by atoms with E-state index in [9.17, 15) is 9.90 Å². The summed E-state index contributed by atoms with van der Waals surface area (Å²) in [5, 5.41) is 17.5. The van der Waals surface area contributed by atoms with Gasteiger partial charge in [-0.3, -0.25) is 9.78 Å². The lowest BCUT2D eigenvalue weighted by Crippen LogP contribution is -2.59. The Hall–Kier alpha value is -2.74. The van der Waals surface area contributed by atoms with Crippen LogP contribution in [0.15, 0.2) is 30.9 Å². The second-order valence-electron chi connectivity index (χ2n) is 8.56. The van der Waals surface area contributed by atoms with E-state index in [2.05, 4.69) is 25.6 Å². The van der Waals surface area contributed by atoms with E-state index in [1.54, 1.807) is 24.7 Å². The van der Waals surface area contributed by atoms with Gasteiger partial charge in [0.05, 0.1) is 23.0 Å². The number of nitrogens with zero attached hydrogens (tertiary/aromatic N) is 3. The zero-order valence-electron chi connectivity index (χ0n) is 15.5. The van der Waals surface area contributed by atoms with Crippen LogP contribution < -0.4 is 16.4 Å². The van der Waals surface area contributed by atoms with E-state index in [0.29, 0.717) is 40.6 Å². The number of carbonyl (C=O) groups excluding carboxylic acids is 1. The van der Waals surface area contributed by atoms with Crippen LogP contribution in [0.4, 0.5) is 17.3 Å². The number of nitrogens with two attached hydrogens (primary N) is 1. The minimum absolute atomic E-state index is 0.238. The zero-order valence-corrected chi connectivity index (χ0v) is 15.5. The minimum atomic E-state index is -0.511. The fourth-order valence-electron chi connectivity index (χ4n) is 5.73. The summed E-state index contributed by atoms with van der Waals surface area (Å²) in [5.41, 5.74) is 6.15. The molecule has 2 heterocycles. The smallest absolute Gasteiger partial charge is 0.252 e. The van der Waals surface area contributed by atoms with Crippen molar-refractivity contribution in [2.45, 2.75) is 43.7 Å². The van der Waals surface area contributed by atoms with Crippen molar-refractivity contribution in [3.8, 4) is 0 Å². The highest BCUT2D eigenvalue weighted by atomic mass is 16.3. The number of hydrogen-bond donors (Lipinski definition) is 4.